The van der Waals surface area contributed by atoms with Gasteiger partial charge in [0.25, 0.3) is 0 Å². The van der Waals surface area contributed by atoms with Crippen LogP contribution in [0.1, 0.15) is 34.6 Å². The summed E-state index contributed by atoms with van der Waals surface area (Å²) in [7, 11) is 6.71. The molecule has 198 valence electrons. The molecule has 0 amide bonds. The summed E-state index contributed by atoms with van der Waals surface area (Å²) in [6, 6.07) is 31.6. The van der Waals surface area contributed by atoms with Crippen LogP contribution in [0.4, 0.5) is 0 Å². The van der Waals surface area contributed by atoms with Crippen molar-refractivity contribution in [3.05, 3.63) is 113 Å². The molecule has 2 unspecified atom stereocenters. The highest BCUT2D eigenvalue weighted by atomic mass is 16.5. The van der Waals surface area contributed by atoms with E-state index in [1.165, 1.54) is 11.0 Å². The molecule has 5 heteroatoms. The van der Waals surface area contributed by atoms with Crippen molar-refractivity contribution in [2.75, 3.05) is 27.7 Å². The summed E-state index contributed by atoms with van der Waals surface area (Å²) in [5.41, 5.74) is 4.90. The van der Waals surface area contributed by atoms with Crippen LogP contribution in [0.2, 0.25) is 6.82 Å². The maximum atomic E-state index is 13.1. The summed E-state index contributed by atoms with van der Waals surface area (Å²) in [6.07, 6.45) is 0.530. The quantitative estimate of drug-likeness (QED) is 0.252. The number of rotatable bonds is 9. The molecule has 0 bridgehead atoms. The number of aliphatic hydroxyl groups is 1. The fraction of sp³-hybridized carbons (Fsp3) is 0.265. The van der Waals surface area contributed by atoms with Gasteiger partial charge in [-0.25, -0.2) is 4.98 Å². The topological polar surface area (TPSA) is 45.6 Å². The number of nitrogens with zero attached hydrogens (tertiary/aromatic N) is 2. The maximum absolute atomic E-state index is 13.1. The van der Waals surface area contributed by atoms with Crippen molar-refractivity contribution in [3.63, 3.8) is 0 Å². The average molecular weight is 516 g/mol. The minimum atomic E-state index is -1.24. The van der Waals surface area contributed by atoms with E-state index in [0.717, 1.165) is 45.6 Å². The average Bonchev–Trinajstić information content (AvgIpc) is 2.96. The van der Waals surface area contributed by atoms with Gasteiger partial charge in [-0.1, -0.05) is 96.7 Å². The number of hydrogen-bond acceptors (Lipinski definition) is 4. The molecule has 0 aliphatic heterocycles. The highest BCUT2D eigenvalue weighted by Crippen LogP contribution is 2.49. The van der Waals surface area contributed by atoms with E-state index in [0.29, 0.717) is 18.8 Å². The Morgan fingerprint density at radius 1 is 0.923 bits per heavy atom. The van der Waals surface area contributed by atoms with Crippen LogP contribution < -0.4 is 10.2 Å². The van der Waals surface area contributed by atoms with Crippen LogP contribution in [-0.2, 0) is 5.60 Å². The van der Waals surface area contributed by atoms with Crippen molar-refractivity contribution in [2.45, 2.75) is 31.7 Å². The fourth-order valence-corrected chi connectivity index (χ4v) is 5.72. The van der Waals surface area contributed by atoms with E-state index in [4.69, 9.17) is 9.72 Å². The number of benzene rings is 4. The largest absolute Gasteiger partial charge is 0.481 e. The molecular formula is C34H37BN2O2. The number of fused-ring (bicyclic) bond motifs is 2. The van der Waals surface area contributed by atoms with Crippen molar-refractivity contribution in [2.24, 2.45) is 0 Å². The molecule has 5 rings (SSSR count). The van der Waals surface area contributed by atoms with Gasteiger partial charge in [0.1, 0.15) is 5.60 Å². The molecule has 0 radical (unpaired) electrons. The first-order valence-corrected chi connectivity index (χ1v) is 13.7. The van der Waals surface area contributed by atoms with Gasteiger partial charge in [-0.2, -0.15) is 0 Å². The molecule has 0 aliphatic carbocycles. The SMILES string of the molecule is CBc1ccc2nc(OC)c(C(c3ccc(C)cc3)C(O)(CCN(C)C)c3cccc4ccccc34)cc2c1. The van der Waals surface area contributed by atoms with Gasteiger partial charge in [0.2, 0.25) is 5.88 Å². The molecule has 5 aromatic rings. The lowest BCUT2D eigenvalue weighted by Crippen LogP contribution is -2.38. The Balaban J connectivity index is 1.84. The minimum Gasteiger partial charge on any atom is -0.481 e. The van der Waals surface area contributed by atoms with Crippen LogP contribution in [0, 0.1) is 6.92 Å². The monoisotopic (exact) mass is 516 g/mol. The van der Waals surface area contributed by atoms with E-state index in [1.807, 2.05) is 18.2 Å². The standard InChI is InChI=1S/C34H37BN2O2/c1-23-13-15-25(16-14-23)32(29-22-26-21-27(35-2)17-18-31(26)36-33(29)39-5)34(38,19-20-37(3)4)30-12-8-10-24-9-6-7-11-28(24)30/h6-18,21-22,32,35,38H,19-20H2,1-5H3. The van der Waals surface area contributed by atoms with E-state index in [2.05, 4.69) is 106 Å². The Bertz CT molecular complexity index is 1590. The van der Waals surface area contributed by atoms with Gasteiger partial charge in [-0.15, -0.1) is 0 Å². The molecular weight excluding hydrogens is 479 g/mol. The second-order valence-electron chi connectivity index (χ2n) is 10.8. The third kappa shape index (κ3) is 5.30. The molecule has 0 saturated carbocycles. The van der Waals surface area contributed by atoms with Crippen LogP contribution in [0.25, 0.3) is 21.7 Å². The van der Waals surface area contributed by atoms with Gasteiger partial charge in [0, 0.05) is 23.4 Å². The van der Waals surface area contributed by atoms with Crippen molar-refractivity contribution in [1.29, 1.82) is 0 Å². The zero-order valence-electron chi connectivity index (χ0n) is 23.6. The van der Waals surface area contributed by atoms with Crippen molar-refractivity contribution in [3.8, 4) is 5.88 Å². The molecule has 2 atom stereocenters. The van der Waals surface area contributed by atoms with Crippen LogP contribution in [0.3, 0.4) is 0 Å². The van der Waals surface area contributed by atoms with Crippen molar-refractivity contribution in [1.82, 2.24) is 9.88 Å². The lowest BCUT2D eigenvalue weighted by atomic mass is 9.70. The first-order valence-electron chi connectivity index (χ1n) is 13.7. The Kier molecular flexibility index (Phi) is 7.74. The molecule has 1 N–H and O–H groups in total. The van der Waals surface area contributed by atoms with E-state index in [1.54, 1.807) is 7.11 Å². The highest BCUT2D eigenvalue weighted by Gasteiger charge is 2.43. The Morgan fingerprint density at radius 2 is 1.67 bits per heavy atom. The molecule has 0 spiro atoms. The van der Waals surface area contributed by atoms with Crippen molar-refractivity contribution >= 4 is 34.4 Å². The van der Waals surface area contributed by atoms with Gasteiger partial charge in [0.15, 0.2) is 7.28 Å². The highest BCUT2D eigenvalue weighted by molar-refractivity contribution is 6.52. The lowest BCUT2D eigenvalue weighted by Gasteiger charge is -2.39. The second-order valence-corrected chi connectivity index (χ2v) is 10.8. The molecule has 1 aromatic heterocycles. The molecule has 0 fully saturated rings. The van der Waals surface area contributed by atoms with Crippen LogP contribution in [0.15, 0.2) is 91.0 Å². The molecule has 4 nitrogen and oxygen atoms in total. The number of hydrogen-bond donors (Lipinski definition) is 1. The maximum Gasteiger partial charge on any atom is 0.217 e. The lowest BCUT2D eigenvalue weighted by molar-refractivity contribution is 0.00520. The summed E-state index contributed by atoms with van der Waals surface area (Å²) in [5.74, 6) is 0.127. The molecule has 39 heavy (non-hydrogen) atoms. The van der Waals surface area contributed by atoms with Gasteiger partial charge < -0.3 is 14.7 Å². The normalized spacial score (nSPS) is 13.9. The predicted molar refractivity (Wildman–Crippen MR) is 165 cm³/mol. The van der Waals surface area contributed by atoms with Crippen LogP contribution in [-0.4, -0.2) is 50.0 Å². The molecule has 0 aliphatic rings. The number of aromatic nitrogens is 1. The Labute approximate surface area is 232 Å². The van der Waals surface area contributed by atoms with E-state index in [9.17, 15) is 5.11 Å². The van der Waals surface area contributed by atoms with Crippen molar-refractivity contribution < 1.29 is 9.84 Å². The van der Waals surface area contributed by atoms with Gasteiger partial charge >= 0.3 is 0 Å². The third-order valence-electron chi connectivity index (χ3n) is 7.87. The van der Waals surface area contributed by atoms with E-state index < -0.39 is 11.5 Å². The van der Waals surface area contributed by atoms with Gasteiger partial charge in [0.05, 0.1) is 12.6 Å². The summed E-state index contributed by atoms with van der Waals surface area (Å²) in [4.78, 5) is 7.08. The van der Waals surface area contributed by atoms with Crippen LogP contribution >= 0.6 is 0 Å². The third-order valence-corrected chi connectivity index (χ3v) is 7.87. The summed E-state index contributed by atoms with van der Waals surface area (Å²) in [5, 5.41) is 16.4. The minimum absolute atomic E-state index is 0.416. The summed E-state index contributed by atoms with van der Waals surface area (Å²) < 4.78 is 5.95. The first-order chi connectivity index (χ1) is 18.8. The van der Waals surface area contributed by atoms with E-state index in [-0.39, 0.29) is 0 Å². The van der Waals surface area contributed by atoms with E-state index >= 15 is 0 Å². The second kappa shape index (κ2) is 11.2. The summed E-state index contributed by atoms with van der Waals surface area (Å²) >= 11 is 0. The molecule has 0 saturated heterocycles. The smallest absolute Gasteiger partial charge is 0.217 e. The fourth-order valence-electron chi connectivity index (χ4n) is 5.72. The Morgan fingerprint density at radius 3 is 2.38 bits per heavy atom. The number of ether oxygens (including phenoxy) is 1. The zero-order chi connectivity index (χ0) is 27.6. The van der Waals surface area contributed by atoms with Crippen LogP contribution in [0.5, 0.6) is 5.88 Å². The Hall–Kier alpha value is -3.67. The summed E-state index contributed by atoms with van der Waals surface area (Å²) in [6.45, 7) is 4.96. The number of methoxy groups -OCH3 is 1. The first kappa shape index (κ1) is 26.9. The predicted octanol–water partition coefficient (Wildman–Crippen LogP) is 5.79. The number of pyridine rings is 1. The van der Waals surface area contributed by atoms with Gasteiger partial charge in [-0.05, 0) is 61.5 Å². The molecule has 4 aromatic carbocycles. The zero-order valence-corrected chi connectivity index (χ0v) is 23.6. The number of aryl methyl sites for hydroxylation is 1. The van der Waals surface area contributed by atoms with Gasteiger partial charge in [-0.3, -0.25) is 0 Å². The molecule has 1 heterocycles.